The van der Waals surface area contributed by atoms with Crippen molar-refractivity contribution in [2.24, 2.45) is 5.84 Å². The summed E-state index contributed by atoms with van der Waals surface area (Å²) in [6.07, 6.45) is 2.64. The molecular weight excluding hydrogens is 236 g/mol. The van der Waals surface area contributed by atoms with Crippen molar-refractivity contribution in [1.29, 1.82) is 0 Å². The van der Waals surface area contributed by atoms with Crippen molar-refractivity contribution in [1.82, 2.24) is 9.88 Å². The molecule has 2 heterocycles. The van der Waals surface area contributed by atoms with Crippen LogP contribution in [0.15, 0.2) is 18.3 Å². The molecule has 0 aromatic carbocycles. The predicted octanol–water partition coefficient (Wildman–Crippen LogP) is 0.945. The highest BCUT2D eigenvalue weighted by Crippen LogP contribution is 2.22. The number of carbonyl (C=O) groups excluding carboxylic acids is 1. The second-order valence-electron chi connectivity index (χ2n) is 4.01. The Balaban J connectivity index is 2.12. The van der Waals surface area contributed by atoms with Gasteiger partial charge < -0.3 is 10.3 Å². The average molecular weight is 252 g/mol. The quantitative estimate of drug-likeness (QED) is 0.619. The lowest BCUT2D eigenvalue weighted by molar-refractivity contribution is 0.0742. The fourth-order valence-electron chi connectivity index (χ4n) is 1.81. The minimum atomic E-state index is -0.0467. The Bertz CT molecular complexity index is 406. The van der Waals surface area contributed by atoms with E-state index in [9.17, 15) is 4.79 Å². The van der Waals surface area contributed by atoms with E-state index >= 15 is 0 Å². The van der Waals surface area contributed by atoms with E-state index in [1.165, 1.54) is 0 Å². The van der Waals surface area contributed by atoms with Crippen molar-refractivity contribution in [3.05, 3.63) is 24.0 Å². The first-order valence-corrected chi connectivity index (χ1v) is 6.65. The maximum atomic E-state index is 12.2. The molecular formula is C11H16N4OS. The lowest BCUT2D eigenvalue weighted by Crippen LogP contribution is -2.37. The molecule has 6 heteroatoms. The highest BCUT2D eigenvalue weighted by molar-refractivity contribution is 7.99. The monoisotopic (exact) mass is 252 g/mol. The van der Waals surface area contributed by atoms with Gasteiger partial charge in [0.25, 0.3) is 5.91 Å². The minimum Gasteiger partial charge on any atom is -0.337 e. The van der Waals surface area contributed by atoms with Crippen LogP contribution >= 0.6 is 11.8 Å². The van der Waals surface area contributed by atoms with E-state index in [4.69, 9.17) is 5.84 Å². The third kappa shape index (κ3) is 2.70. The van der Waals surface area contributed by atoms with Gasteiger partial charge in [-0.3, -0.25) is 15.6 Å². The van der Waals surface area contributed by atoms with Crippen LogP contribution in [0.2, 0.25) is 0 Å². The number of nitrogen functional groups attached to an aromatic ring is 1. The maximum absolute atomic E-state index is 12.2. The van der Waals surface area contributed by atoms with E-state index < -0.39 is 0 Å². The zero-order valence-corrected chi connectivity index (χ0v) is 10.5. The lowest BCUT2D eigenvalue weighted by Gasteiger charge is -2.23. The summed E-state index contributed by atoms with van der Waals surface area (Å²) in [7, 11) is 1.84. The first-order valence-electron chi connectivity index (χ1n) is 5.50. The number of hydrazine groups is 1. The Kier molecular flexibility index (Phi) is 3.86. The maximum Gasteiger partial charge on any atom is 0.272 e. The zero-order chi connectivity index (χ0) is 12.3. The normalized spacial score (nSPS) is 19.1. The van der Waals surface area contributed by atoms with Crippen LogP contribution in [0.1, 0.15) is 16.9 Å². The van der Waals surface area contributed by atoms with Crippen LogP contribution in [-0.4, -0.2) is 40.4 Å². The molecule has 0 radical (unpaired) electrons. The number of nitrogens with one attached hydrogen (secondary N) is 1. The SMILES string of the molecule is CN(C(=O)c1cc(NN)ccn1)C1CCSC1. The molecule has 2 rings (SSSR count). The number of anilines is 1. The van der Waals surface area contributed by atoms with E-state index in [0.29, 0.717) is 17.4 Å². The van der Waals surface area contributed by atoms with E-state index in [2.05, 4.69) is 10.4 Å². The summed E-state index contributed by atoms with van der Waals surface area (Å²) in [5.74, 6) is 7.40. The number of hydrogen-bond donors (Lipinski definition) is 2. The molecule has 1 unspecified atom stereocenters. The van der Waals surface area contributed by atoms with Gasteiger partial charge in [-0.15, -0.1) is 0 Å². The number of rotatable bonds is 3. The van der Waals surface area contributed by atoms with E-state index in [0.717, 1.165) is 17.9 Å². The largest absolute Gasteiger partial charge is 0.337 e. The van der Waals surface area contributed by atoms with Crippen LogP contribution in [0.25, 0.3) is 0 Å². The predicted molar refractivity (Wildman–Crippen MR) is 69.9 cm³/mol. The first-order chi connectivity index (χ1) is 8.22. The lowest BCUT2D eigenvalue weighted by atomic mass is 10.2. The summed E-state index contributed by atoms with van der Waals surface area (Å²) in [4.78, 5) is 18.1. The number of thioether (sulfide) groups is 1. The Morgan fingerprint density at radius 3 is 3.18 bits per heavy atom. The minimum absolute atomic E-state index is 0.0467. The molecule has 0 spiro atoms. The van der Waals surface area contributed by atoms with Gasteiger partial charge >= 0.3 is 0 Å². The third-order valence-corrected chi connectivity index (χ3v) is 4.06. The van der Waals surface area contributed by atoms with Crippen LogP contribution in [0, 0.1) is 0 Å². The van der Waals surface area contributed by atoms with Gasteiger partial charge in [0, 0.05) is 25.0 Å². The standard InChI is InChI=1S/C11H16N4OS/c1-15(9-3-5-17-7-9)11(16)10-6-8(14-12)2-4-13-10/h2,4,6,9H,3,5,7,12H2,1H3,(H,13,14). The molecule has 1 aliphatic heterocycles. The summed E-state index contributed by atoms with van der Waals surface area (Å²) in [5.41, 5.74) is 3.64. The van der Waals surface area contributed by atoms with Gasteiger partial charge in [-0.1, -0.05) is 0 Å². The van der Waals surface area contributed by atoms with Gasteiger partial charge in [0.1, 0.15) is 5.69 Å². The first kappa shape index (κ1) is 12.2. The molecule has 1 saturated heterocycles. The second-order valence-corrected chi connectivity index (χ2v) is 5.16. The zero-order valence-electron chi connectivity index (χ0n) is 9.72. The summed E-state index contributed by atoms with van der Waals surface area (Å²) >= 11 is 1.88. The Hall–Kier alpha value is -1.27. The van der Waals surface area contributed by atoms with Crippen LogP contribution in [0.5, 0.6) is 0 Å². The third-order valence-electron chi connectivity index (χ3n) is 2.92. The number of amides is 1. The highest BCUT2D eigenvalue weighted by atomic mass is 32.2. The molecule has 5 nitrogen and oxygen atoms in total. The van der Waals surface area contributed by atoms with Crippen LogP contribution < -0.4 is 11.3 Å². The number of pyridine rings is 1. The topological polar surface area (TPSA) is 71.2 Å². The van der Waals surface area contributed by atoms with Crippen molar-refractivity contribution in [2.45, 2.75) is 12.5 Å². The van der Waals surface area contributed by atoms with Gasteiger partial charge in [0.15, 0.2) is 0 Å². The molecule has 0 saturated carbocycles. The molecule has 1 fully saturated rings. The van der Waals surface area contributed by atoms with Gasteiger partial charge in [0.2, 0.25) is 0 Å². The fraction of sp³-hybridized carbons (Fsp3) is 0.455. The highest BCUT2D eigenvalue weighted by Gasteiger charge is 2.25. The Morgan fingerprint density at radius 1 is 1.71 bits per heavy atom. The molecule has 92 valence electrons. The van der Waals surface area contributed by atoms with Crippen molar-refractivity contribution in [2.75, 3.05) is 24.0 Å². The van der Waals surface area contributed by atoms with Gasteiger partial charge in [-0.05, 0) is 24.3 Å². The Labute approximate surface area is 105 Å². The molecule has 1 aromatic heterocycles. The van der Waals surface area contributed by atoms with Gasteiger partial charge in [-0.25, -0.2) is 0 Å². The van der Waals surface area contributed by atoms with Crippen molar-refractivity contribution in [3.8, 4) is 0 Å². The number of hydrogen-bond acceptors (Lipinski definition) is 5. The molecule has 1 amide bonds. The summed E-state index contributed by atoms with van der Waals surface area (Å²) in [5, 5.41) is 0. The molecule has 0 bridgehead atoms. The van der Waals surface area contributed by atoms with Gasteiger partial charge in [0.05, 0.1) is 5.69 Å². The number of nitrogens with zero attached hydrogens (tertiary/aromatic N) is 2. The van der Waals surface area contributed by atoms with Crippen molar-refractivity contribution in [3.63, 3.8) is 0 Å². The van der Waals surface area contributed by atoms with Crippen LogP contribution in [-0.2, 0) is 0 Å². The van der Waals surface area contributed by atoms with Crippen molar-refractivity contribution < 1.29 is 4.79 Å². The van der Waals surface area contributed by atoms with Gasteiger partial charge in [-0.2, -0.15) is 11.8 Å². The van der Waals surface area contributed by atoms with E-state index in [-0.39, 0.29) is 5.91 Å². The summed E-state index contributed by atoms with van der Waals surface area (Å²) in [6.45, 7) is 0. The second kappa shape index (κ2) is 5.37. The summed E-state index contributed by atoms with van der Waals surface area (Å²) in [6, 6.07) is 3.71. The Morgan fingerprint density at radius 2 is 2.53 bits per heavy atom. The number of nitrogens with two attached hydrogens (primary N) is 1. The van der Waals surface area contributed by atoms with E-state index in [1.807, 2.05) is 18.8 Å². The van der Waals surface area contributed by atoms with E-state index in [1.54, 1.807) is 23.2 Å². The average Bonchev–Trinajstić information content (AvgIpc) is 2.91. The fourth-order valence-corrected chi connectivity index (χ4v) is 3.08. The number of aromatic nitrogens is 1. The van der Waals surface area contributed by atoms with Crippen LogP contribution in [0.4, 0.5) is 5.69 Å². The smallest absolute Gasteiger partial charge is 0.272 e. The molecule has 17 heavy (non-hydrogen) atoms. The molecule has 0 aliphatic carbocycles. The molecule has 3 N–H and O–H groups in total. The molecule has 1 aromatic rings. The summed E-state index contributed by atoms with van der Waals surface area (Å²) < 4.78 is 0. The number of carbonyl (C=O) groups is 1. The molecule has 1 aliphatic rings. The molecule has 1 atom stereocenters. The van der Waals surface area contributed by atoms with Crippen molar-refractivity contribution >= 4 is 23.4 Å². The van der Waals surface area contributed by atoms with Crippen LogP contribution in [0.3, 0.4) is 0 Å².